The van der Waals surface area contributed by atoms with Crippen molar-refractivity contribution in [3.8, 4) is 0 Å². The second-order valence-corrected chi connectivity index (χ2v) is 6.79. The van der Waals surface area contributed by atoms with Gasteiger partial charge in [-0.25, -0.2) is 0 Å². The van der Waals surface area contributed by atoms with Gasteiger partial charge in [0.15, 0.2) is 0 Å². The van der Waals surface area contributed by atoms with Crippen molar-refractivity contribution in [3.05, 3.63) is 0 Å². The Morgan fingerprint density at radius 2 is 1.74 bits per heavy atom. The first-order valence-electron chi connectivity index (χ1n) is 8.42. The lowest BCUT2D eigenvalue weighted by atomic mass is 9.95. The molecule has 1 atom stereocenters. The second kappa shape index (κ2) is 8.23. The van der Waals surface area contributed by atoms with Crippen LogP contribution in [0.1, 0.15) is 45.4 Å². The Morgan fingerprint density at radius 3 is 2.37 bits per heavy atom. The Balaban J connectivity index is 1.59. The van der Waals surface area contributed by atoms with Crippen molar-refractivity contribution in [2.75, 3.05) is 45.8 Å². The van der Waals surface area contributed by atoms with Gasteiger partial charge >= 0.3 is 0 Å². The molecule has 0 spiro atoms. The summed E-state index contributed by atoms with van der Waals surface area (Å²) in [6.45, 7) is 11.3. The molecule has 0 aliphatic carbocycles. The van der Waals surface area contributed by atoms with Crippen LogP contribution in [0.15, 0.2) is 0 Å². The fraction of sp³-hybridized carbons (Fsp3) is 1.00. The highest BCUT2D eigenvalue weighted by atomic mass is 15.2. The van der Waals surface area contributed by atoms with Crippen LogP contribution in [0.5, 0.6) is 0 Å². The van der Waals surface area contributed by atoms with Crippen LogP contribution in [-0.4, -0.2) is 55.6 Å². The van der Waals surface area contributed by atoms with E-state index in [1.807, 2.05) is 0 Å². The van der Waals surface area contributed by atoms with Crippen molar-refractivity contribution < 1.29 is 0 Å². The van der Waals surface area contributed by atoms with Gasteiger partial charge in [-0.05, 0) is 83.1 Å². The fourth-order valence-corrected chi connectivity index (χ4v) is 3.68. The van der Waals surface area contributed by atoms with Crippen LogP contribution in [0.4, 0.5) is 0 Å². The summed E-state index contributed by atoms with van der Waals surface area (Å²) in [5.41, 5.74) is 5.59. The molecule has 19 heavy (non-hydrogen) atoms. The van der Waals surface area contributed by atoms with Crippen molar-refractivity contribution in [2.24, 2.45) is 17.6 Å². The Bertz CT molecular complexity index is 230. The third-order valence-corrected chi connectivity index (χ3v) is 4.89. The number of rotatable bonds is 7. The highest BCUT2D eigenvalue weighted by molar-refractivity contribution is 4.78. The average Bonchev–Trinajstić information content (AvgIpc) is 2.91. The number of likely N-dealkylation sites (tertiary alicyclic amines) is 2. The summed E-state index contributed by atoms with van der Waals surface area (Å²) in [6.07, 6.45) is 8.17. The molecule has 112 valence electrons. The van der Waals surface area contributed by atoms with Gasteiger partial charge in [-0.2, -0.15) is 0 Å². The maximum absolute atomic E-state index is 5.59. The molecule has 2 rings (SSSR count). The lowest BCUT2D eigenvalue weighted by Gasteiger charge is -2.35. The van der Waals surface area contributed by atoms with Gasteiger partial charge in [0.2, 0.25) is 0 Å². The molecular weight excluding hydrogens is 234 g/mol. The van der Waals surface area contributed by atoms with Crippen LogP contribution in [0, 0.1) is 11.8 Å². The molecule has 0 saturated carbocycles. The van der Waals surface area contributed by atoms with Crippen molar-refractivity contribution in [2.45, 2.75) is 45.4 Å². The largest absolute Gasteiger partial charge is 0.330 e. The van der Waals surface area contributed by atoms with Crippen LogP contribution in [-0.2, 0) is 0 Å². The van der Waals surface area contributed by atoms with E-state index in [-0.39, 0.29) is 0 Å². The first kappa shape index (κ1) is 15.3. The lowest BCUT2D eigenvalue weighted by Crippen LogP contribution is -2.39. The molecule has 0 aromatic heterocycles. The van der Waals surface area contributed by atoms with Crippen LogP contribution >= 0.6 is 0 Å². The van der Waals surface area contributed by atoms with Crippen molar-refractivity contribution in [3.63, 3.8) is 0 Å². The van der Waals surface area contributed by atoms with E-state index in [9.17, 15) is 0 Å². The van der Waals surface area contributed by atoms with E-state index in [0.717, 1.165) is 18.4 Å². The summed E-state index contributed by atoms with van der Waals surface area (Å²) in [5, 5.41) is 0. The Morgan fingerprint density at radius 1 is 1.05 bits per heavy atom. The maximum atomic E-state index is 5.59. The van der Waals surface area contributed by atoms with E-state index in [1.165, 1.54) is 77.8 Å². The molecule has 0 aromatic carbocycles. The summed E-state index contributed by atoms with van der Waals surface area (Å²) < 4.78 is 0. The van der Waals surface area contributed by atoms with E-state index in [2.05, 4.69) is 16.7 Å². The highest BCUT2D eigenvalue weighted by Gasteiger charge is 2.23. The molecule has 2 heterocycles. The number of piperidine rings is 1. The standard InChI is InChI=1S/C16H33N3/c1-15(5-4-8-17)13-19-11-6-16(7-12-19)14-18-9-2-3-10-18/h15-16H,2-14,17H2,1H3. The topological polar surface area (TPSA) is 32.5 Å². The molecule has 0 aromatic rings. The molecule has 1 unspecified atom stereocenters. The van der Waals surface area contributed by atoms with Gasteiger partial charge in [-0.1, -0.05) is 6.92 Å². The minimum Gasteiger partial charge on any atom is -0.330 e. The molecule has 0 amide bonds. The minimum atomic E-state index is 0.818. The van der Waals surface area contributed by atoms with Crippen LogP contribution in [0.25, 0.3) is 0 Å². The van der Waals surface area contributed by atoms with E-state index in [0.29, 0.717) is 0 Å². The Labute approximate surface area is 119 Å². The third-order valence-electron chi connectivity index (χ3n) is 4.89. The molecule has 0 radical (unpaired) electrons. The summed E-state index contributed by atoms with van der Waals surface area (Å²) in [4.78, 5) is 5.37. The summed E-state index contributed by atoms with van der Waals surface area (Å²) in [5.74, 6) is 1.78. The highest BCUT2D eigenvalue weighted by Crippen LogP contribution is 2.21. The van der Waals surface area contributed by atoms with Crippen molar-refractivity contribution >= 4 is 0 Å². The van der Waals surface area contributed by atoms with E-state index in [4.69, 9.17) is 5.73 Å². The smallest absolute Gasteiger partial charge is 0.00106 e. The van der Waals surface area contributed by atoms with Gasteiger partial charge in [0.25, 0.3) is 0 Å². The second-order valence-electron chi connectivity index (χ2n) is 6.79. The van der Waals surface area contributed by atoms with Crippen molar-refractivity contribution in [1.82, 2.24) is 9.80 Å². The van der Waals surface area contributed by atoms with E-state index < -0.39 is 0 Å². The Hall–Kier alpha value is -0.120. The summed E-state index contributed by atoms with van der Waals surface area (Å²) >= 11 is 0. The van der Waals surface area contributed by atoms with Crippen molar-refractivity contribution in [1.29, 1.82) is 0 Å². The maximum Gasteiger partial charge on any atom is 0.00106 e. The molecule has 2 N–H and O–H groups in total. The molecule has 2 fully saturated rings. The summed E-state index contributed by atoms with van der Waals surface area (Å²) in [6, 6.07) is 0. The van der Waals surface area contributed by atoms with Crippen LogP contribution in [0.3, 0.4) is 0 Å². The zero-order valence-corrected chi connectivity index (χ0v) is 12.8. The molecule has 2 aliphatic rings. The molecule has 0 bridgehead atoms. The fourth-order valence-electron chi connectivity index (χ4n) is 3.68. The van der Waals surface area contributed by atoms with Gasteiger partial charge in [0.05, 0.1) is 0 Å². The lowest BCUT2D eigenvalue weighted by molar-refractivity contribution is 0.138. The zero-order valence-electron chi connectivity index (χ0n) is 12.8. The molecule has 3 heteroatoms. The SMILES string of the molecule is CC(CCCN)CN1CCC(CN2CCCC2)CC1. The van der Waals surface area contributed by atoms with Gasteiger partial charge in [0, 0.05) is 13.1 Å². The van der Waals surface area contributed by atoms with Gasteiger partial charge < -0.3 is 15.5 Å². The Kier molecular flexibility index (Phi) is 6.62. The number of hydrogen-bond donors (Lipinski definition) is 1. The third kappa shape index (κ3) is 5.41. The summed E-state index contributed by atoms with van der Waals surface area (Å²) in [7, 11) is 0. The number of nitrogens with two attached hydrogens (primary N) is 1. The first-order valence-corrected chi connectivity index (χ1v) is 8.42. The molecule has 3 nitrogen and oxygen atoms in total. The zero-order chi connectivity index (χ0) is 13.5. The predicted octanol–water partition coefficient (Wildman–Crippen LogP) is 2.17. The normalized spacial score (nSPS) is 24.9. The quantitative estimate of drug-likeness (QED) is 0.767. The van der Waals surface area contributed by atoms with Gasteiger partial charge in [-0.3, -0.25) is 0 Å². The van der Waals surface area contributed by atoms with E-state index in [1.54, 1.807) is 0 Å². The van der Waals surface area contributed by atoms with E-state index >= 15 is 0 Å². The van der Waals surface area contributed by atoms with Gasteiger partial charge in [-0.15, -0.1) is 0 Å². The number of hydrogen-bond acceptors (Lipinski definition) is 3. The minimum absolute atomic E-state index is 0.818. The average molecular weight is 267 g/mol. The predicted molar refractivity (Wildman–Crippen MR) is 82.3 cm³/mol. The molecule has 2 saturated heterocycles. The number of nitrogens with zero attached hydrogens (tertiary/aromatic N) is 2. The molecular formula is C16H33N3. The van der Waals surface area contributed by atoms with Crippen LogP contribution in [0.2, 0.25) is 0 Å². The van der Waals surface area contributed by atoms with Gasteiger partial charge in [0.1, 0.15) is 0 Å². The monoisotopic (exact) mass is 267 g/mol. The van der Waals surface area contributed by atoms with Crippen LogP contribution < -0.4 is 5.73 Å². The molecule has 2 aliphatic heterocycles. The first-order chi connectivity index (χ1) is 9.28.